The number of anilines is 1. The molecule has 0 unspecified atom stereocenters. The molecule has 2 rings (SSSR count). The van der Waals surface area contributed by atoms with E-state index in [0.29, 0.717) is 0 Å². The zero-order chi connectivity index (χ0) is 14.8. The quantitative estimate of drug-likeness (QED) is 0.685. The van der Waals surface area contributed by atoms with E-state index in [1.54, 1.807) is 6.07 Å². The van der Waals surface area contributed by atoms with E-state index in [2.05, 4.69) is 5.32 Å². The van der Waals surface area contributed by atoms with E-state index in [0.717, 1.165) is 17.7 Å². The molecule has 0 saturated carbocycles. The van der Waals surface area contributed by atoms with Crippen LogP contribution in [0.4, 0.5) is 24.5 Å². The van der Waals surface area contributed by atoms with Crippen molar-refractivity contribution < 1.29 is 22.5 Å². The molecule has 0 saturated heterocycles. The maximum atomic E-state index is 12.8. The summed E-state index contributed by atoms with van der Waals surface area (Å²) in [4.78, 5) is 9.54. The summed E-state index contributed by atoms with van der Waals surface area (Å²) in [5, 5.41) is 13.3. The Kier molecular flexibility index (Phi) is 3.64. The Balaban J connectivity index is 2.25. The van der Waals surface area contributed by atoms with Crippen LogP contribution in [0.2, 0.25) is 0 Å². The lowest BCUT2D eigenvalue weighted by atomic mass is 10.1. The van der Waals surface area contributed by atoms with Crippen LogP contribution in [0.3, 0.4) is 0 Å². The van der Waals surface area contributed by atoms with Gasteiger partial charge in [-0.2, -0.15) is 13.2 Å². The van der Waals surface area contributed by atoms with Gasteiger partial charge >= 0.3 is 6.18 Å². The third-order valence-corrected chi connectivity index (χ3v) is 2.58. The Bertz CT molecular complexity index is 609. The van der Waals surface area contributed by atoms with E-state index in [4.69, 9.17) is 4.42 Å². The highest BCUT2D eigenvalue weighted by molar-refractivity contribution is 5.55. The van der Waals surface area contributed by atoms with Crippen molar-refractivity contribution in [2.45, 2.75) is 12.7 Å². The van der Waals surface area contributed by atoms with Crippen LogP contribution in [0.1, 0.15) is 11.1 Å². The number of benzene rings is 1. The molecule has 8 heteroatoms. The molecule has 1 heterocycles. The predicted octanol–water partition coefficient (Wildman–Crippen LogP) is 3.82. The number of nitro groups is 1. The van der Waals surface area contributed by atoms with Crippen LogP contribution in [0.15, 0.2) is 41.2 Å². The number of nitro benzene ring substituents is 1. The lowest BCUT2D eigenvalue weighted by Crippen LogP contribution is -2.10. The van der Waals surface area contributed by atoms with Crippen LogP contribution in [0.5, 0.6) is 0 Å². The van der Waals surface area contributed by atoms with Crippen molar-refractivity contribution in [2.75, 3.05) is 5.32 Å². The van der Waals surface area contributed by atoms with Gasteiger partial charge in [-0.3, -0.25) is 10.1 Å². The number of hydrogen-bond donors (Lipinski definition) is 1. The Morgan fingerprint density at radius 2 is 2.05 bits per heavy atom. The second-order valence-corrected chi connectivity index (χ2v) is 3.97. The number of nitrogens with zero attached hydrogens (tertiary/aromatic N) is 1. The zero-order valence-electron chi connectivity index (χ0n) is 9.98. The van der Waals surface area contributed by atoms with Gasteiger partial charge in [0.2, 0.25) is 0 Å². The highest BCUT2D eigenvalue weighted by Gasteiger charge is 2.38. The van der Waals surface area contributed by atoms with E-state index in [-0.39, 0.29) is 12.2 Å². The highest BCUT2D eigenvalue weighted by atomic mass is 19.4. The molecule has 1 N–H and O–H groups in total. The third-order valence-electron chi connectivity index (χ3n) is 2.58. The van der Waals surface area contributed by atoms with Gasteiger partial charge in [-0.15, -0.1) is 0 Å². The molecule has 0 radical (unpaired) electrons. The minimum Gasteiger partial charge on any atom is -0.472 e. The van der Waals surface area contributed by atoms with Gasteiger partial charge in [-0.1, -0.05) is 0 Å². The van der Waals surface area contributed by atoms with Crippen LogP contribution in [0, 0.1) is 10.1 Å². The summed E-state index contributed by atoms with van der Waals surface area (Å²) in [6.07, 6.45) is -1.90. The first kappa shape index (κ1) is 13.9. The average molecular weight is 286 g/mol. The number of alkyl halides is 3. The Morgan fingerprint density at radius 1 is 1.30 bits per heavy atom. The highest BCUT2D eigenvalue weighted by Crippen LogP contribution is 2.37. The van der Waals surface area contributed by atoms with Gasteiger partial charge in [0.25, 0.3) is 5.69 Å². The van der Waals surface area contributed by atoms with Gasteiger partial charge in [-0.25, -0.2) is 0 Å². The van der Waals surface area contributed by atoms with E-state index < -0.39 is 22.4 Å². The molecule has 0 aliphatic carbocycles. The summed E-state index contributed by atoms with van der Waals surface area (Å²) >= 11 is 0. The topological polar surface area (TPSA) is 68.3 Å². The first-order valence-electron chi connectivity index (χ1n) is 5.48. The van der Waals surface area contributed by atoms with Crippen molar-refractivity contribution in [3.63, 3.8) is 0 Å². The molecule has 1 aromatic carbocycles. The third kappa shape index (κ3) is 3.08. The lowest BCUT2D eigenvalue weighted by Gasteiger charge is -2.10. The first-order valence-corrected chi connectivity index (χ1v) is 5.48. The van der Waals surface area contributed by atoms with Crippen molar-refractivity contribution in [2.24, 2.45) is 0 Å². The second-order valence-electron chi connectivity index (χ2n) is 3.97. The number of hydrogen-bond acceptors (Lipinski definition) is 4. The first-order chi connectivity index (χ1) is 9.38. The summed E-state index contributed by atoms with van der Waals surface area (Å²) in [6, 6.07) is 4.44. The summed E-state index contributed by atoms with van der Waals surface area (Å²) in [5.74, 6) is 0. The fourth-order valence-electron chi connectivity index (χ4n) is 1.63. The lowest BCUT2D eigenvalue weighted by molar-refractivity contribution is -0.388. The summed E-state index contributed by atoms with van der Waals surface area (Å²) in [6.45, 7) is 0.256. The number of furan rings is 1. The molecule has 0 fully saturated rings. The van der Waals surface area contributed by atoms with Gasteiger partial charge < -0.3 is 9.73 Å². The smallest absolute Gasteiger partial charge is 0.423 e. The van der Waals surface area contributed by atoms with Crippen LogP contribution in [-0.2, 0) is 12.7 Å². The van der Waals surface area contributed by atoms with Gasteiger partial charge in [0.15, 0.2) is 0 Å². The molecular formula is C12H9F3N2O3. The molecule has 0 bridgehead atoms. The van der Waals surface area contributed by atoms with Gasteiger partial charge in [0, 0.05) is 23.9 Å². The molecule has 2 aromatic rings. The molecular weight excluding hydrogens is 277 g/mol. The summed E-state index contributed by atoms with van der Waals surface area (Å²) < 4.78 is 43.1. The molecule has 0 aliphatic rings. The molecule has 106 valence electrons. The van der Waals surface area contributed by atoms with Crippen LogP contribution >= 0.6 is 0 Å². The molecule has 0 spiro atoms. The van der Waals surface area contributed by atoms with Crippen LogP contribution in [-0.4, -0.2) is 4.92 Å². The molecule has 0 amide bonds. The average Bonchev–Trinajstić information content (AvgIpc) is 2.88. The van der Waals surface area contributed by atoms with E-state index in [1.165, 1.54) is 18.6 Å². The van der Waals surface area contributed by atoms with Crippen molar-refractivity contribution in [3.8, 4) is 0 Å². The Labute approximate surface area is 111 Å². The fraction of sp³-hybridized carbons (Fsp3) is 0.167. The van der Waals surface area contributed by atoms with E-state index in [1.807, 2.05) is 0 Å². The van der Waals surface area contributed by atoms with Crippen molar-refractivity contribution in [3.05, 3.63) is 58.0 Å². The zero-order valence-corrected chi connectivity index (χ0v) is 9.98. The number of halogens is 3. The van der Waals surface area contributed by atoms with Crippen LogP contribution in [0.25, 0.3) is 0 Å². The number of nitrogens with one attached hydrogen (secondary N) is 1. The van der Waals surface area contributed by atoms with E-state index >= 15 is 0 Å². The molecule has 5 nitrogen and oxygen atoms in total. The molecule has 0 aliphatic heterocycles. The normalized spacial score (nSPS) is 11.3. The van der Waals surface area contributed by atoms with Crippen LogP contribution < -0.4 is 5.32 Å². The Hall–Kier alpha value is -2.51. The van der Waals surface area contributed by atoms with Gasteiger partial charge in [0.05, 0.1) is 17.4 Å². The summed E-state index contributed by atoms with van der Waals surface area (Å²) in [5.41, 5.74) is -1.35. The predicted molar refractivity (Wildman–Crippen MR) is 64.1 cm³/mol. The fourth-order valence-corrected chi connectivity index (χ4v) is 1.63. The maximum absolute atomic E-state index is 12.8. The minimum atomic E-state index is -4.78. The number of rotatable bonds is 4. The van der Waals surface area contributed by atoms with Crippen molar-refractivity contribution >= 4 is 11.4 Å². The van der Waals surface area contributed by atoms with Gasteiger partial charge in [-0.05, 0) is 18.2 Å². The molecule has 1 aromatic heterocycles. The Morgan fingerprint density at radius 3 is 2.60 bits per heavy atom. The van der Waals surface area contributed by atoms with Crippen molar-refractivity contribution in [1.29, 1.82) is 0 Å². The SMILES string of the molecule is O=[N+]([O-])c1ccc(NCc2ccoc2)cc1C(F)(F)F. The van der Waals surface area contributed by atoms with Gasteiger partial charge in [0.1, 0.15) is 5.56 Å². The monoisotopic (exact) mass is 286 g/mol. The maximum Gasteiger partial charge on any atom is 0.423 e. The largest absolute Gasteiger partial charge is 0.472 e. The standard InChI is InChI=1S/C12H9F3N2O3/c13-12(14,15)10-5-9(1-2-11(10)17(18)19)16-6-8-3-4-20-7-8/h1-5,7,16H,6H2. The molecule has 0 atom stereocenters. The van der Waals surface area contributed by atoms with E-state index in [9.17, 15) is 23.3 Å². The van der Waals surface area contributed by atoms with Crippen molar-refractivity contribution in [1.82, 2.24) is 0 Å². The molecule has 20 heavy (non-hydrogen) atoms. The second kappa shape index (κ2) is 5.24. The minimum absolute atomic E-state index is 0.143. The summed E-state index contributed by atoms with van der Waals surface area (Å²) in [7, 11) is 0.